The molecule has 0 aliphatic rings. The van der Waals surface area contributed by atoms with Crippen molar-refractivity contribution in [3.05, 3.63) is 88.2 Å². The molecule has 0 saturated carbocycles. The molecule has 0 saturated heterocycles. The average molecular weight is 511 g/mol. The molecule has 0 heterocycles. The number of benzene rings is 3. The average Bonchev–Trinajstić information content (AvgIpc) is 2.77. The number of esters is 1. The number of nitrogens with one attached hydrogen (secondary N) is 2. The van der Waals surface area contributed by atoms with Crippen molar-refractivity contribution in [1.29, 1.82) is 0 Å². The Hall–Kier alpha value is -3.14. The summed E-state index contributed by atoms with van der Waals surface area (Å²) >= 11 is 11.8. The van der Waals surface area contributed by atoms with Crippen LogP contribution < -0.4 is 10.0 Å². The highest BCUT2D eigenvalue weighted by molar-refractivity contribution is 7.92. The SMILES string of the molecule is C[C@H](OC(=O)c1cccc(S(=O)(=O)Nc2ccc(F)cc2)c1)C(=O)Nc1ccc(Cl)cc1Cl. The Bertz CT molecular complexity index is 1300. The molecule has 11 heteroatoms. The predicted molar refractivity (Wildman–Crippen MR) is 124 cm³/mol. The van der Waals surface area contributed by atoms with Crippen LogP contribution >= 0.6 is 23.2 Å². The lowest BCUT2D eigenvalue weighted by molar-refractivity contribution is -0.123. The minimum absolute atomic E-state index is 0.0823. The molecule has 0 aliphatic carbocycles. The Balaban J connectivity index is 1.69. The first-order valence-electron chi connectivity index (χ1n) is 9.40. The summed E-state index contributed by atoms with van der Waals surface area (Å²) in [4.78, 5) is 24.6. The van der Waals surface area contributed by atoms with E-state index in [4.69, 9.17) is 27.9 Å². The van der Waals surface area contributed by atoms with Gasteiger partial charge in [0.2, 0.25) is 0 Å². The van der Waals surface area contributed by atoms with Crippen LogP contribution in [0, 0.1) is 5.82 Å². The Labute approximate surface area is 199 Å². The number of anilines is 2. The third kappa shape index (κ3) is 6.44. The molecule has 0 bridgehead atoms. The van der Waals surface area contributed by atoms with Gasteiger partial charge in [0.15, 0.2) is 6.10 Å². The van der Waals surface area contributed by atoms with E-state index < -0.39 is 33.8 Å². The van der Waals surface area contributed by atoms with Crippen LogP contribution in [0.1, 0.15) is 17.3 Å². The van der Waals surface area contributed by atoms with Gasteiger partial charge in [0.25, 0.3) is 15.9 Å². The molecule has 0 aromatic heterocycles. The first-order chi connectivity index (χ1) is 15.5. The summed E-state index contributed by atoms with van der Waals surface area (Å²) in [5.74, 6) is -2.06. The van der Waals surface area contributed by atoms with Crippen LogP contribution in [0.5, 0.6) is 0 Å². The molecular formula is C22H17Cl2FN2O5S. The third-order valence-corrected chi connectivity index (χ3v) is 6.25. The van der Waals surface area contributed by atoms with Gasteiger partial charge in [-0.25, -0.2) is 17.6 Å². The van der Waals surface area contributed by atoms with Gasteiger partial charge in [-0.3, -0.25) is 9.52 Å². The topological polar surface area (TPSA) is 102 Å². The Kier molecular flexibility index (Phi) is 7.57. The zero-order valence-electron chi connectivity index (χ0n) is 17.0. The Morgan fingerprint density at radius 1 is 1.00 bits per heavy atom. The lowest BCUT2D eigenvalue weighted by Gasteiger charge is -2.15. The van der Waals surface area contributed by atoms with E-state index in [1.165, 1.54) is 55.5 Å². The van der Waals surface area contributed by atoms with Crippen LogP contribution in [0.15, 0.2) is 71.6 Å². The second-order valence-electron chi connectivity index (χ2n) is 6.80. The minimum Gasteiger partial charge on any atom is -0.449 e. The number of hydrogen-bond donors (Lipinski definition) is 2. The van der Waals surface area contributed by atoms with E-state index in [9.17, 15) is 22.4 Å². The van der Waals surface area contributed by atoms with E-state index in [2.05, 4.69) is 10.0 Å². The second kappa shape index (κ2) is 10.2. The largest absolute Gasteiger partial charge is 0.449 e. The smallest absolute Gasteiger partial charge is 0.338 e. The fourth-order valence-corrected chi connectivity index (χ4v) is 4.19. The third-order valence-electron chi connectivity index (χ3n) is 4.32. The van der Waals surface area contributed by atoms with Gasteiger partial charge in [-0.15, -0.1) is 0 Å². The Morgan fingerprint density at radius 3 is 2.36 bits per heavy atom. The van der Waals surface area contributed by atoms with Crippen molar-refractivity contribution in [3.63, 3.8) is 0 Å². The number of amides is 1. The predicted octanol–water partition coefficient (Wildman–Crippen LogP) is 5.12. The molecule has 0 spiro atoms. The number of ether oxygens (including phenoxy) is 1. The lowest BCUT2D eigenvalue weighted by atomic mass is 10.2. The van der Waals surface area contributed by atoms with E-state index >= 15 is 0 Å². The summed E-state index contributed by atoms with van der Waals surface area (Å²) in [6.07, 6.45) is -1.21. The van der Waals surface area contributed by atoms with Crippen molar-refractivity contribution >= 4 is 56.5 Å². The summed E-state index contributed by atoms with van der Waals surface area (Å²) in [7, 11) is -4.06. The fourth-order valence-electron chi connectivity index (χ4n) is 2.63. The van der Waals surface area contributed by atoms with Crippen LogP contribution in [0.25, 0.3) is 0 Å². The monoisotopic (exact) mass is 510 g/mol. The molecule has 3 aromatic carbocycles. The molecule has 0 unspecified atom stereocenters. The van der Waals surface area contributed by atoms with Crippen molar-refractivity contribution in [3.8, 4) is 0 Å². The van der Waals surface area contributed by atoms with E-state index in [0.29, 0.717) is 5.02 Å². The molecule has 0 aliphatic heterocycles. The van der Waals surface area contributed by atoms with Crippen molar-refractivity contribution in [2.75, 3.05) is 10.0 Å². The molecule has 33 heavy (non-hydrogen) atoms. The van der Waals surface area contributed by atoms with Crippen molar-refractivity contribution in [1.82, 2.24) is 0 Å². The van der Waals surface area contributed by atoms with E-state index in [1.54, 1.807) is 0 Å². The van der Waals surface area contributed by atoms with Crippen LogP contribution in [0.2, 0.25) is 10.0 Å². The number of halogens is 3. The van der Waals surface area contributed by atoms with Crippen LogP contribution in [-0.4, -0.2) is 26.4 Å². The highest BCUT2D eigenvalue weighted by atomic mass is 35.5. The van der Waals surface area contributed by atoms with Gasteiger partial charge in [0.05, 0.1) is 21.2 Å². The molecule has 172 valence electrons. The molecular weight excluding hydrogens is 494 g/mol. The standard InChI is InChI=1S/C22H17Cl2FN2O5S/c1-13(21(28)26-20-10-5-15(23)12-19(20)24)32-22(29)14-3-2-4-18(11-14)33(30,31)27-17-8-6-16(25)7-9-17/h2-13,27H,1H3,(H,26,28)/t13-/m0/s1. The molecule has 2 N–H and O–H groups in total. The molecule has 0 radical (unpaired) electrons. The van der Waals surface area contributed by atoms with E-state index in [1.807, 2.05) is 0 Å². The molecule has 3 aromatic rings. The summed E-state index contributed by atoms with van der Waals surface area (Å²) in [6.45, 7) is 1.35. The first kappa shape index (κ1) is 24.5. The quantitative estimate of drug-likeness (QED) is 0.429. The number of rotatable bonds is 7. The maximum atomic E-state index is 13.0. The van der Waals surface area contributed by atoms with Crippen molar-refractivity contribution < 1.29 is 27.1 Å². The fraction of sp³-hybridized carbons (Fsp3) is 0.0909. The van der Waals surface area contributed by atoms with Gasteiger partial charge in [0, 0.05) is 10.7 Å². The number of hydrogen-bond acceptors (Lipinski definition) is 5. The molecule has 3 rings (SSSR count). The number of sulfonamides is 1. The maximum Gasteiger partial charge on any atom is 0.338 e. The van der Waals surface area contributed by atoms with Crippen LogP contribution in [-0.2, 0) is 19.6 Å². The zero-order valence-corrected chi connectivity index (χ0v) is 19.3. The summed E-state index contributed by atoms with van der Waals surface area (Å²) in [5, 5.41) is 3.12. The molecule has 7 nitrogen and oxygen atoms in total. The second-order valence-corrected chi connectivity index (χ2v) is 9.33. The first-order valence-corrected chi connectivity index (χ1v) is 11.6. The zero-order chi connectivity index (χ0) is 24.2. The molecule has 1 atom stereocenters. The lowest BCUT2D eigenvalue weighted by Crippen LogP contribution is -2.30. The minimum atomic E-state index is -4.06. The normalized spacial score (nSPS) is 12.0. The maximum absolute atomic E-state index is 13.0. The van der Waals surface area contributed by atoms with Gasteiger partial charge in [-0.1, -0.05) is 29.3 Å². The van der Waals surface area contributed by atoms with Gasteiger partial charge in [-0.05, 0) is 67.6 Å². The van der Waals surface area contributed by atoms with Crippen molar-refractivity contribution in [2.24, 2.45) is 0 Å². The molecule has 0 fully saturated rings. The molecule has 1 amide bonds. The van der Waals surface area contributed by atoms with Crippen molar-refractivity contribution in [2.45, 2.75) is 17.9 Å². The number of carbonyl (C=O) groups excluding carboxylic acids is 2. The summed E-state index contributed by atoms with van der Waals surface area (Å²) in [6, 6.07) is 14.3. The highest BCUT2D eigenvalue weighted by Crippen LogP contribution is 2.25. The van der Waals surface area contributed by atoms with E-state index in [-0.39, 0.29) is 26.9 Å². The Morgan fingerprint density at radius 2 is 1.70 bits per heavy atom. The summed E-state index contributed by atoms with van der Waals surface area (Å²) in [5.41, 5.74) is 0.352. The van der Waals surface area contributed by atoms with Crippen LogP contribution in [0.3, 0.4) is 0 Å². The van der Waals surface area contributed by atoms with Gasteiger partial charge in [0.1, 0.15) is 5.82 Å². The van der Waals surface area contributed by atoms with Crippen LogP contribution in [0.4, 0.5) is 15.8 Å². The van der Waals surface area contributed by atoms with Gasteiger partial charge in [-0.2, -0.15) is 0 Å². The summed E-state index contributed by atoms with van der Waals surface area (Å²) < 4.78 is 45.7. The number of carbonyl (C=O) groups is 2. The van der Waals surface area contributed by atoms with Gasteiger partial charge >= 0.3 is 5.97 Å². The highest BCUT2D eigenvalue weighted by Gasteiger charge is 2.22. The van der Waals surface area contributed by atoms with Gasteiger partial charge < -0.3 is 10.1 Å². The van der Waals surface area contributed by atoms with E-state index in [0.717, 1.165) is 18.2 Å².